The van der Waals surface area contributed by atoms with E-state index in [0.717, 1.165) is 0 Å². The summed E-state index contributed by atoms with van der Waals surface area (Å²) in [4.78, 5) is 26.3. The number of nitrogens with zero attached hydrogens (tertiary/aromatic N) is 3. The fraction of sp³-hybridized carbons (Fsp3) is 0. The third-order valence-electron chi connectivity index (χ3n) is 3.35. The molecule has 0 saturated carbocycles. The average molecular weight is 371 g/mol. The Bertz CT molecular complexity index is 985. The first-order valence-corrected chi connectivity index (χ1v) is 7.70. The molecule has 1 amide bonds. The normalized spacial score (nSPS) is 10.8. The molecule has 130 valence electrons. The van der Waals surface area contributed by atoms with Crippen LogP contribution in [0.5, 0.6) is 0 Å². The number of carbonyl (C=O) groups is 1. The predicted molar refractivity (Wildman–Crippen MR) is 95.1 cm³/mol. The van der Waals surface area contributed by atoms with Gasteiger partial charge in [0.05, 0.1) is 16.7 Å². The van der Waals surface area contributed by atoms with Crippen LogP contribution >= 0.6 is 11.6 Å². The minimum atomic E-state index is -0.535. The van der Waals surface area contributed by atoms with Crippen LogP contribution in [0.3, 0.4) is 0 Å². The van der Waals surface area contributed by atoms with E-state index in [-0.39, 0.29) is 16.5 Å². The number of furan rings is 1. The molecule has 9 heteroatoms. The first-order valence-electron chi connectivity index (χ1n) is 7.32. The van der Waals surface area contributed by atoms with Crippen molar-refractivity contribution in [2.45, 2.75) is 0 Å². The molecular weight excluding hydrogens is 360 g/mol. The zero-order chi connectivity index (χ0) is 18.5. The van der Waals surface area contributed by atoms with Gasteiger partial charge in [0.1, 0.15) is 11.5 Å². The van der Waals surface area contributed by atoms with Crippen LogP contribution < -0.4 is 5.43 Å². The second kappa shape index (κ2) is 7.58. The number of hydrogen-bond donors (Lipinski definition) is 1. The summed E-state index contributed by atoms with van der Waals surface area (Å²) in [5, 5.41) is 15.2. The van der Waals surface area contributed by atoms with Crippen molar-refractivity contribution in [1.82, 2.24) is 10.4 Å². The van der Waals surface area contributed by atoms with Crippen LogP contribution in [0, 0.1) is 10.1 Å². The van der Waals surface area contributed by atoms with E-state index in [2.05, 4.69) is 15.5 Å². The number of halogens is 1. The van der Waals surface area contributed by atoms with Crippen LogP contribution in [0.2, 0.25) is 5.02 Å². The Morgan fingerprint density at radius 2 is 2.00 bits per heavy atom. The number of hydrazone groups is 1. The van der Waals surface area contributed by atoms with Gasteiger partial charge in [-0.1, -0.05) is 11.6 Å². The van der Waals surface area contributed by atoms with Gasteiger partial charge in [0.2, 0.25) is 0 Å². The molecule has 8 nitrogen and oxygen atoms in total. The second-order valence-electron chi connectivity index (χ2n) is 5.06. The lowest BCUT2D eigenvalue weighted by Gasteiger charge is -2.00. The lowest BCUT2D eigenvalue weighted by atomic mass is 10.1. The van der Waals surface area contributed by atoms with E-state index in [4.69, 9.17) is 16.0 Å². The molecule has 1 aromatic carbocycles. The van der Waals surface area contributed by atoms with E-state index in [1.165, 1.54) is 36.8 Å². The molecule has 3 aromatic rings. The molecule has 0 spiro atoms. The number of nitro groups is 1. The molecule has 0 fully saturated rings. The van der Waals surface area contributed by atoms with E-state index in [0.29, 0.717) is 16.9 Å². The number of rotatable bonds is 5. The van der Waals surface area contributed by atoms with Crippen LogP contribution in [-0.2, 0) is 0 Å². The van der Waals surface area contributed by atoms with Gasteiger partial charge in [-0.15, -0.1) is 0 Å². The number of pyridine rings is 1. The van der Waals surface area contributed by atoms with Gasteiger partial charge in [-0.3, -0.25) is 19.9 Å². The van der Waals surface area contributed by atoms with Crippen molar-refractivity contribution in [3.63, 3.8) is 0 Å². The van der Waals surface area contributed by atoms with E-state index >= 15 is 0 Å². The molecule has 3 rings (SSSR count). The number of aromatic nitrogens is 1. The summed E-state index contributed by atoms with van der Waals surface area (Å²) in [5.41, 5.74) is 2.89. The summed E-state index contributed by atoms with van der Waals surface area (Å²) in [6.07, 6.45) is 4.29. The van der Waals surface area contributed by atoms with Gasteiger partial charge in [-0.05, 0) is 36.4 Å². The average Bonchev–Trinajstić information content (AvgIpc) is 3.11. The number of hydrogen-bond acceptors (Lipinski definition) is 6. The van der Waals surface area contributed by atoms with Gasteiger partial charge < -0.3 is 4.42 Å². The molecule has 26 heavy (non-hydrogen) atoms. The van der Waals surface area contributed by atoms with Crippen molar-refractivity contribution in [2.75, 3.05) is 0 Å². The van der Waals surface area contributed by atoms with Crippen molar-refractivity contribution in [1.29, 1.82) is 0 Å². The quantitative estimate of drug-likeness (QED) is 0.418. The van der Waals surface area contributed by atoms with E-state index < -0.39 is 10.8 Å². The zero-order valence-electron chi connectivity index (χ0n) is 13.1. The molecular formula is C17H11ClN4O4. The molecule has 0 atom stereocenters. The monoisotopic (exact) mass is 370 g/mol. The highest BCUT2D eigenvalue weighted by molar-refractivity contribution is 6.30. The van der Waals surface area contributed by atoms with Gasteiger partial charge in [0, 0.05) is 29.0 Å². The molecule has 0 aliphatic heterocycles. The van der Waals surface area contributed by atoms with Crippen molar-refractivity contribution >= 4 is 29.4 Å². The van der Waals surface area contributed by atoms with Crippen LogP contribution in [-0.4, -0.2) is 22.0 Å². The van der Waals surface area contributed by atoms with Crippen LogP contribution in [0.25, 0.3) is 11.3 Å². The van der Waals surface area contributed by atoms with Crippen molar-refractivity contribution in [3.8, 4) is 11.3 Å². The summed E-state index contributed by atoms with van der Waals surface area (Å²) in [7, 11) is 0. The molecule has 0 unspecified atom stereocenters. The number of nitrogens with one attached hydrogen (secondary N) is 1. The lowest BCUT2D eigenvalue weighted by molar-refractivity contribution is -0.384. The molecule has 0 saturated heterocycles. The van der Waals surface area contributed by atoms with Crippen LogP contribution in [0.4, 0.5) is 5.69 Å². The predicted octanol–water partition coefficient (Wildman–Crippen LogP) is 3.67. The van der Waals surface area contributed by atoms with Crippen molar-refractivity contribution in [3.05, 3.63) is 81.3 Å². The Kier molecular flexibility index (Phi) is 5.04. The maximum atomic E-state index is 11.8. The SMILES string of the molecule is O=C(NN=Cc1ccc(-c2ccc(Cl)cc2[N+](=O)[O-])o1)c1ccncc1. The van der Waals surface area contributed by atoms with Crippen molar-refractivity contribution in [2.24, 2.45) is 5.10 Å². The van der Waals surface area contributed by atoms with Crippen LogP contribution in [0.15, 0.2) is 64.4 Å². The van der Waals surface area contributed by atoms with E-state index in [9.17, 15) is 14.9 Å². The number of amides is 1. The lowest BCUT2D eigenvalue weighted by Crippen LogP contribution is -2.17. The van der Waals surface area contributed by atoms with Gasteiger partial charge in [-0.25, -0.2) is 5.43 Å². The highest BCUT2D eigenvalue weighted by Crippen LogP contribution is 2.33. The van der Waals surface area contributed by atoms with Crippen LogP contribution in [0.1, 0.15) is 16.1 Å². The minimum absolute atomic E-state index is 0.165. The second-order valence-corrected chi connectivity index (χ2v) is 5.49. The molecule has 2 aromatic heterocycles. The summed E-state index contributed by atoms with van der Waals surface area (Å²) in [6, 6.07) is 10.5. The molecule has 0 radical (unpaired) electrons. The molecule has 0 aliphatic carbocycles. The standard InChI is InChI=1S/C17H11ClN4O4/c18-12-1-3-14(15(9-12)22(24)25)16-4-2-13(26-16)10-20-21-17(23)11-5-7-19-8-6-11/h1-10H,(H,21,23). The Hall–Kier alpha value is -3.52. The van der Waals surface area contributed by atoms with Gasteiger partial charge >= 0.3 is 0 Å². The van der Waals surface area contributed by atoms with Gasteiger partial charge in [-0.2, -0.15) is 5.10 Å². The van der Waals surface area contributed by atoms with Crippen molar-refractivity contribution < 1.29 is 14.1 Å². The Balaban J connectivity index is 1.75. The summed E-state index contributed by atoms with van der Waals surface area (Å²) < 4.78 is 5.53. The number of carbonyl (C=O) groups excluding carboxylic acids is 1. The Labute approximate surface area is 152 Å². The summed E-state index contributed by atoms with van der Waals surface area (Å²) in [5.74, 6) is 0.207. The van der Waals surface area contributed by atoms with Gasteiger partial charge in [0.25, 0.3) is 11.6 Å². The smallest absolute Gasteiger partial charge is 0.281 e. The van der Waals surface area contributed by atoms with Gasteiger partial charge in [0.15, 0.2) is 0 Å². The topological polar surface area (TPSA) is 111 Å². The fourth-order valence-electron chi connectivity index (χ4n) is 2.15. The third-order valence-corrected chi connectivity index (χ3v) is 3.58. The zero-order valence-corrected chi connectivity index (χ0v) is 13.9. The maximum Gasteiger partial charge on any atom is 0.281 e. The largest absolute Gasteiger partial charge is 0.455 e. The Morgan fingerprint density at radius 1 is 1.23 bits per heavy atom. The van der Waals surface area contributed by atoms with E-state index in [1.54, 1.807) is 24.3 Å². The summed E-state index contributed by atoms with van der Waals surface area (Å²) >= 11 is 5.80. The molecule has 0 aliphatic rings. The van der Waals surface area contributed by atoms with E-state index in [1.807, 2.05) is 0 Å². The highest BCUT2D eigenvalue weighted by Gasteiger charge is 2.18. The maximum absolute atomic E-state index is 11.8. The summed E-state index contributed by atoms with van der Waals surface area (Å²) in [6.45, 7) is 0. The Morgan fingerprint density at radius 3 is 2.73 bits per heavy atom. The fourth-order valence-corrected chi connectivity index (χ4v) is 2.32. The molecule has 1 N–H and O–H groups in total. The first kappa shape index (κ1) is 17.3. The number of nitro benzene ring substituents is 1. The minimum Gasteiger partial charge on any atom is -0.455 e. The first-order chi connectivity index (χ1) is 12.5. The molecule has 2 heterocycles. The highest BCUT2D eigenvalue weighted by atomic mass is 35.5. The molecule has 0 bridgehead atoms. The number of benzene rings is 1. The third kappa shape index (κ3) is 3.93.